The highest BCUT2D eigenvalue weighted by atomic mass is 19.1. The summed E-state index contributed by atoms with van der Waals surface area (Å²) in [6.07, 6.45) is 3.23. The Balaban J connectivity index is 1.28. The molecular weight excluding hydrogens is 623 g/mol. The summed E-state index contributed by atoms with van der Waals surface area (Å²) in [5.74, 6) is -2.53. The molecule has 0 atom stereocenters. The van der Waals surface area contributed by atoms with E-state index in [1.807, 2.05) is 12.1 Å². The summed E-state index contributed by atoms with van der Waals surface area (Å²) in [6.45, 7) is 0.406. The van der Waals surface area contributed by atoms with E-state index in [9.17, 15) is 24.0 Å². The molecule has 4 amide bonds. The van der Waals surface area contributed by atoms with Gasteiger partial charge < -0.3 is 25.6 Å². The van der Waals surface area contributed by atoms with E-state index in [0.717, 1.165) is 29.4 Å². The zero-order chi connectivity index (χ0) is 34.3. The van der Waals surface area contributed by atoms with E-state index in [1.165, 1.54) is 25.1 Å². The van der Waals surface area contributed by atoms with Crippen molar-refractivity contribution in [1.82, 2.24) is 34.7 Å². The number of likely N-dealkylation sites (tertiary alicyclic amines) is 1. The summed E-state index contributed by atoms with van der Waals surface area (Å²) in [4.78, 5) is 63.6. The van der Waals surface area contributed by atoms with Crippen molar-refractivity contribution in [1.29, 1.82) is 0 Å². The van der Waals surface area contributed by atoms with E-state index in [2.05, 4.69) is 15.2 Å². The summed E-state index contributed by atoms with van der Waals surface area (Å²) in [5.41, 5.74) is 8.30. The molecule has 0 radical (unpaired) electrons. The van der Waals surface area contributed by atoms with Gasteiger partial charge >= 0.3 is 5.97 Å². The number of nitrogens with one attached hydrogen (secondary N) is 1. The van der Waals surface area contributed by atoms with Crippen LogP contribution in [0.4, 0.5) is 4.39 Å². The van der Waals surface area contributed by atoms with Crippen LogP contribution in [0.25, 0.3) is 32.9 Å². The summed E-state index contributed by atoms with van der Waals surface area (Å²) in [6, 6.07) is 8.70. The lowest BCUT2D eigenvalue weighted by Crippen LogP contribution is -2.63. The number of fused-ring (bicyclic) bond motifs is 2. The first-order chi connectivity index (χ1) is 22.9. The lowest BCUT2D eigenvalue weighted by molar-refractivity contribution is -0.152. The lowest BCUT2D eigenvalue weighted by atomic mass is 9.56. The second kappa shape index (κ2) is 12.7. The molecule has 3 heterocycles. The summed E-state index contributed by atoms with van der Waals surface area (Å²) < 4.78 is 23.5. The number of primary amides is 1. The van der Waals surface area contributed by atoms with Crippen LogP contribution in [0.15, 0.2) is 36.5 Å². The number of halogens is 1. The zero-order valence-corrected chi connectivity index (χ0v) is 27.0. The third-order valence-corrected chi connectivity index (χ3v) is 9.42. The number of aromatic nitrogens is 4. The van der Waals surface area contributed by atoms with E-state index in [0.29, 0.717) is 35.1 Å². The molecule has 2 aromatic heterocycles. The average molecular weight is 661 g/mol. The Morgan fingerprint density at radius 2 is 1.85 bits per heavy atom. The number of amides is 4. The first kappa shape index (κ1) is 32.6. The van der Waals surface area contributed by atoms with Crippen LogP contribution in [0.3, 0.4) is 0 Å². The molecule has 0 bridgehead atoms. The fraction of sp³-hybridized carbons (Fsp3) is 0.424. The van der Waals surface area contributed by atoms with Gasteiger partial charge in [-0.25, -0.2) is 4.39 Å². The van der Waals surface area contributed by atoms with E-state index < -0.39 is 23.6 Å². The Hall–Kier alpha value is -5.34. The number of likely N-dealkylation sites (N-methyl/N-ethyl adjacent to an activating group) is 1. The monoisotopic (exact) mass is 660 g/mol. The number of nitrogens with two attached hydrogens (primary N) is 1. The van der Waals surface area contributed by atoms with Crippen LogP contribution in [0.5, 0.6) is 0 Å². The Bertz CT molecular complexity index is 1950. The first-order valence-electron chi connectivity index (χ1n) is 15.6. The van der Waals surface area contributed by atoms with Crippen molar-refractivity contribution >= 4 is 51.4 Å². The van der Waals surface area contributed by atoms with Gasteiger partial charge in [-0.3, -0.25) is 33.3 Å². The molecule has 3 N–H and O–H groups in total. The number of benzene rings is 2. The topological polar surface area (TPSA) is 175 Å². The van der Waals surface area contributed by atoms with Gasteiger partial charge in [0, 0.05) is 67.7 Å². The maximum Gasteiger partial charge on any atom is 0.325 e. The largest absolute Gasteiger partial charge is 0.468 e. The van der Waals surface area contributed by atoms with Crippen molar-refractivity contribution in [3.8, 4) is 11.1 Å². The van der Waals surface area contributed by atoms with Gasteiger partial charge in [0.2, 0.25) is 23.6 Å². The zero-order valence-electron chi connectivity index (χ0n) is 27.0. The predicted octanol–water partition coefficient (Wildman–Crippen LogP) is 1.45. The fourth-order valence-electron chi connectivity index (χ4n) is 6.88. The molecule has 14 nitrogen and oxygen atoms in total. The van der Waals surface area contributed by atoms with Gasteiger partial charge in [0.05, 0.1) is 36.6 Å². The molecule has 2 fully saturated rings. The number of hydrogen-bond acceptors (Lipinski definition) is 8. The maximum atomic E-state index is 15.7. The van der Waals surface area contributed by atoms with Gasteiger partial charge in [-0.2, -0.15) is 10.2 Å². The van der Waals surface area contributed by atoms with E-state index in [1.54, 1.807) is 39.6 Å². The number of esters is 1. The molecule has 48 heavy (non-hydrogen) atoms. The van der Waals surface area contributed by atoms with E-state index in [-0.39, 0.29) is 55.6 Å². The SMILES string of the molecule is COC(=O)CNC(=O)CN(C)C(=O)Cn1nc(C2CC3(C2)CN(C(=O)CCC(N)=O)C3)c2c(-c3cc4c(cnn4C)cc3F)cccc21. The third kappa shape index (κ3) is 6.19. The number of methoxy groups -OCH3 is 1. The minimum absolute atomic E-state index is 0.00167. The molecule has 1 saturated carbocycles. The molecule has 2 aliphatic rings. The number of hydrogen-bond donors (Lipinski definition) is 2. The van der Waals surface area contributed by atoms with Crippen LogP contribution >= 0.6 is 0 Å². The first-order valence-corrected chi connectivity index (χ1v) is 15.6. The predicted molar refractivity (Wildman–Crippen MR) is 171 cm³/mol. The van der Waals surface area contributed by atoms with E-state index >= 15 is 4.39 Å². The molecule has 1 spiro atoms. The summed E-state index contributed by atoms with van der Waals surface area (Å²) in [7, 11) is 4.49. The maximum absolute atomic E-state index is 15.7. The second-order valence-electron chi connectivity index (χ2n) is 12.8. The van der Waals surface area contributed by atoms with Crippen LogP contribution in [0.2, 0.25) is 0 Å². The van der Waals surface area contributed by atoms with Crippen molar-refractivity contribution in [2.24, 2.45) is 18.2 Å². The molecule has 2 aromatic carbocycles. The van der Waals surface area contributed by atoms with Gasteiger partial charge in [0.25, 0.3) is 0 Å². The minimum atomic E-state index is -0.607. The molecule has 1 aliphatic carbocycles. The van der Waals surface area contributed by atoms with Crippen molar-refractivity contribution in [2.45, 2.75) is 38.1 Å². The van der Waals surface area contributed by atoms with Crippen molar-refractivity contribution in [2.75, 3.05) is 40.3 Å². The Morgan fingerprint density at radius 1 is 1.10 bits per heavy atom. The van der Waals surface area contributed by atoms with Gasteiger partial charge in [-0.05, 0) is 36.6 Å². The molecule has 252 valence electrons. The van der Waals surface area contributed by atoms with Gasteiger partial charge in [0.1, 0.15) is 18.9 Å². The molecule has 1 aliphatic heterocycles. The van der Waals surface area contributed by atoms with Crippen molar-refractivity contribution in [3.63, 3.8) is 0 Å². The standard InChI is InChI=1S/C33H37FN8O6/c1-39(15-27(44)36-14-30(47)48-3)29(46)16-42-24-6-4-5-21(22-10-25-19(9-23(22)34)13-37-40(25)2)31(24)32(38-42)20-11-33(12-20)17-41(18-33)28(45)8-7-26(35)43/h4-6,9-10,13,20H,7-8,11-12,14-18H2,1-3H3,(H2,35,43)(H,36,44). The van der Waals surface area contributed by atoms with Crippen molar-refractivity contribution < 1.29 is 33.1 Å². The minimum Gasteiger partial charge on any atom is -0.468 e. The Kier molecular flexibility index (Phi) is 8.62. The van der Waals surface area contributed by atoms with Crippen molar-refractivity contribution in [3.05, 3.63) is 48.0 Å². The smallest absolute Gasteiger partial charge is 0.325 e. The van der Waals surface area contributed by atoms with E-state index in [4.69, 9.17) is 10.8 Å². The van der Waals surface area contributed by atoms with Gasteiger partial charge in [-0.15, -0.1) is 0 Å². The van der Waals surface area contributed by atoms with Crippen LogP contribution in [0, 0.1) is 11.2 Å². The molecule has 4 aromatic rings. The van der Waals surface area contributed by atoms with Crippen LogP contribution in [-0.2, 0) is 42.3 Å². The van der Waals surface area contributed by atoms with Gasteiger partial charge in [0.15, 0.2) is 0 Å². The summed E-state index contributed by atoms with van der Waals surface area (Å²) in [5, 5.41) is 13.0. The van der Waals surface area contributed by atoms with Gasteiger partial charge in [-0.1, -0.05) is 12.1 Å². The highest BCUT2D eigenvalue weighted by Crippen LogP contribution is 2.57. The number of carbonyl (C=O) groups excluding carboxylic acids is 5. The van der Waals surface area contributed by atoms with Crippen LogP contribution in [-0.4, -0.2) is 99.3 Å². The number of ether oxygens (including phenoxy) is 1. The fourth-order valence-corrected chi connectivity index (χ4v) is 6.88. The Labute approximate surface area is 274 Å². The lowest BCUT2D eigenvalue weighted by Gasteiger charge is -2.59. The Morgan fingerprint density at radius 3 is 2.56 bits per heavy atom. The highest BCUT2D eigenvalue weighted by molar-refractivity contribution is 6.00. The average Bonchev–Trinajstić information content (AvgIpc) is 3.56. The quantitative estimate of drug-likeness (QED) is 0.227. The molecule has 15 heteroatoms. The summed E-state index contributed by atoms with van der Waals surface area (Å²) >= 11 is 0. The number of aryl methyl sites for hydroxylation is 1. The molecule has 0 unspecified atom stereocenters. The van der Waals surface area contributed by atoms with Crippen LogP contribution < -0.4 is 11.1 Å². The normalized spacial score (nSPS) is 15.3. The number of rotatable bonds is 11. The second-order valence-corrected chi connectivity index (χ2v) is 12.8. The molecular formula is C33H37FN8O6. The third-order valence-electron chi connectivity index (χ3n) is 9.42. The van der Waals surface area contributed by atoms with Crippen LogP contribution in [0.1, 0.15) is 37.3 Å². The molecule has 1 saturated heterocycles. The number of carbonyl (C=O) groups is 5. The highest BCUT2D eigenvalue weighted by Gasteiger charge is 2.54. The number of nitrogens with zero attached hydrogens (tertiary/aromatic N) is 6. The molecule has 6 rings (SSSR count).